The van der Waals surface area contributed by atoms with E-state index in [1.165, 1.54) is 0 Å². The van der Waals surface area contributed by atoms with E-state index in [1.807, 2.05) is 27.0 Å². The summed E-state index contributed by atoms with van der Waals surface area (Å²) in [5.41, 5.74) is 0.0439. The Balaban J connectivity index is 4.09. The van der Waals surface area contributed by atoms with Gasteiger partial charge in [0.15, 0.2) is 0 Å². The van der Waals surface area contributed by atoms with Crippen LogP contribution in [-0.4, -0.2) is 25.2 Å². The van der Waals surface area contributed by atoms with E-state index in [0.29, 0.717) is 0 Å². The molecule has 0 aromatic heterocycles. The molecule has 0 aromatic rings. The van der Waals surface area contributed by atoms with Gasteiger partial charge in [-0.15, -0.1) is 0 Å². The smallest absolute Gasteiger partial charge is 0.244 e. The monoisotopic (exact) mass is 170 g/mol. The SMILES string of the molecule is CNC(=O)C(C)N=CC(C)(C)C. The van der Waals surface area contributed by atoms with Gasteiger partial charge in [0, 0.05) is 13.3 Å². The summed E-state index contributed by atoms with van der Waals surface area (Å²) in [5.74, 6) is -0.0458. The van der Waals surface area contributed by atoms with Gasteiger partial charge in [0.1, 0.15) is 6.04 Å². The molecule has 0 aliphatic rings. The van der Waals surface area contributed by atoms with Crippen molar-refractivity contribution in [3.63, 3.8) is 0 Å². The lowest BCUT2D eigenvalue weighted by Gasteiger charge is -2.12. The maximum Gasteiger partial charge on any atom is 0.244 e. The maximum absolute atomic E-state index is 11.0. The van der Waals surface area contributed by atoms with Gasteiger partial charge in [-0.1, -0.05) is 20.8 Å². The average Bonchev–Trinajstić information content (AvgIpc) is 1.97. The molecule has 0 bridgehead atoms. The molecule has 0 aliphatic heterocycles. The van der Waals surface area contributed by atoms with Crippen molar-refractivity contribution >= 4 is 12.1 Å². The van der Waals surface area contributed by atoms with Gasteiger partial charge >= 0.3 is 0 Å². The number of rotatable bonds is 2. The number of hydrogen-bond acceptors (Lipinski definition) is 2. The van der Waals surface area contributed by atoms with Gasteiger partial charge in [-0.2, -0.15) is 0 Å². The number of carbonyl (C=O) groups is 1. The Morgan fingerprint density at radius 1 is 1.50 bits per heavy atom. The van der Waals surface area contributed by atoms with Crippen molar-refractivity contribution in [3.05, 3.63) is 0 Å². The van der Waals surface area contributed by atoms with Crippen LogP contribution < -0.4 is 5.32 Å². The summed E-state index contributed by atoms with van der Waals surface area (Å²) in [6.45, 7) is 7.92. The first-order valence-electron chi connectivity index (χ1n) is 4.13. The molecular formula is C9H18N2O. The van der Waals surface area contributed by atoms with Crippen LogP contribution in [0.25, 0.3) is 0 Å². The highest BCUT2D eigenvalue weighted by atomic mass is 16.2. The fraction of sp³-hybridized carbons (Fsp3) is 0.778. The molecule has 0 fully saturated rings. The highest BCUT2D eigenvalue weighted by molar-refractivity contribution is 5.83. The normalized spacial score (nSPS) is 14.8. The minimum absolute atomic E-state index is 0.0439. The zero-order chi connectivity index (χ0) is 9.78. The number of carbonyl (C=O) groups excluding carboxylic acids is 1. The van der Waals surface area contributed by atoms with Gasteiger partial charge in [0.25, 0.3) is 0 Å². The molecule has 0 rings (SSSR count). The van der Waals surface area contributed by atoms with E-state index in [0.717, 1.165) is 0 Å². The summed E-state index contributed by atoms with van der Waals surface area (Å²) in [6, 6.07) is -0.283. The summed E-state index contributed by atoms with van der Waals surface area (Å²) >= 11 is 0. The molecule has 1 unspecified atom stereocenters. The molecular weight excluding hydrogens is 152 g/mol. The number of amides is 1. The second-order valence-electron chi connectivity index (χ2n) is 3.93. The third-order valence-corrected chi connectivity index (χ3v) is 1.31. The average molecular weight is 170 g/mol. The first-order chi connectivity index (χ1) is 5.37. The highest BCUT2D eigenvalue weighted by Crippen LogP contribution is 2.08. The molecule has 0 saturated heterocycles. The van der Waals surface area contributed by atoms with Crippen molar-refractivity contribution in [1.29, 1.82) is 0 Å². The van der Waals surface area contributed by atoms with Gasteiger partial charge < -0.3 is 5.32 Å². The van der Waals surface area contributed by atoms with Crippen molar-refractivity contribution in [2.75, 3.05) is 7.05 Å². The molecule has 1 amide bonds. The van der Waals surface area contributed by atoms with Crippen LogP contribution >= 0.6 is 0 Å². The molecule has 0 spiro atoms. The lowest BCUT2D eigenvalue weighted by Crippen LogP contribution is -2.28. The number of hydrogen-bond donors (Lipinski definition) is 1. The van der Waals surface area contributed by atoms with E-state index < -0.39 is 0 Å². The maximum atomic E-state index is 11.0. The van der Waals surface area contributed by atoms with Crippen LogP contribution in [0.5, 0.6) is 0 Å². The zero-order valence-electron chi connectivity index (χ0n) is 8.51. The van der Waals surface area contributed by atoms with E-state index in [9.17, 15) is 4.79 Å². The van der Waals surface area contributed by atoms with Crippen molar-refractivity contribution < 1.29 is 4.79 Å². The molecule has 3 nitrogen and oxygen atoms in total. The molecule has 3 heteroatoms. The molecule has 0 radical (unpaired) electrons. The number of nitrogens with zero attached hydrogens (tertiary/aromatic N) is 1. The van der Waals surface area contributed by atoms with Gasteiger partial charge in [0.05, 0.1) is 0 Å². The van der Waals surface area contributed by atoms with Gasteiger partial charge in [-0.05, 0) is 12.3 Å². The van der Waals surface area contributed by atoms with Crippen molar-refractivity contribution in [1.82, 2.24) is 5.32 Å². The second-order valence-corrected chi connectivity index (χ2v) is 3.93. The minimum atomic E-state index is -0.283. The lowest BCUT2D eigenvalue weighted by atomic mass is 9.99. The summed E-state index contributed by atoms with van der Waals surface area (Å²) in [6.07, 6.45) is 1.81. The molecule has 1 N–H and O–H groups in total. The largest absolute Gasteiger partial charge is 0.357 e. The van der Waals surface area contributed by atoms with Gasteiger partial charge in [-0.25, -0.2) is 0 Å². The summed E-state index contributed by atoms with van der Waals surface area (Å²) < 4.78 is 0. The van der Waals surface area contributed by atoms with Crippen LogP contribution in [0.3, 0.4) is 0 Å². The predicted octanol–water partition coefficient (Wildman–Crippen LogP) is 1.24. The standard InChI is InChI=1S/C9H18N2O/c1-7(8(12)10-5)11-6-9(2,3)4/h6-7H,1-5H3,(H,10,12). The van der Waals surface area contributed by atoms with Crippen LogP contribution in [0.1, 0.15) is 27.7 Å². The number of likely N-dealkylation sites (N-methyl/N-ethyl adjacent to an activating group) is 1. The Morgan fingerprint density at radius 2 is 2.00 bits per heavy atom. The van der Waals surface area contributed by atoms with E-state index in [4.69, 9.17) is 0 Å². The van der Waals surface area contributed by atoms with E-state index in [2.05, 4.69) is 10.3 Å². The van der Waals surface area contributed by atoms with Crippen molar-refractivity contribution in [3.8, 4) is 0 Å². The van der Waals surface area contributed by atoms with Crippen LogP contribution in [0.15, 0.2) is 4.99 Å². The fourth-order valence-corrected chi connectivity index (χ4v) is 0.612. The summed E-state index contributed by atoms with van der Waals surface area (Å²) in [7, 11) is 1.62. The van der Waals surface area contributed by atoms with E-state index >= 15 is 0 Å². The van der Waals surface area contributed by atoms with Crippen molar-refractivity contribution in [2.24, 2.45) is 10.4 Å². The third-order valence-electron chi connectivity index (χ3n) is 1.31. The minimum Gasteiger partial charge on any atom is -0.357 e. The fourth-order valence-electron chi connectivity index (χ4n) is 0.612. The molecule has 0 heterocycles. The third kappa shape index (κ3) is 4.88. The summed E-state index contributed by atoms with van der Waals surface area (Å²) in [4.78, 5) is 15.1. The Morgan fingerprint density at radius 3 is 2.33 bits per heavy atom. The van der Waals surface area contributed by atoms with E-state index in [-0.39, 0.29) is 17.4 Å². The summed E-state index contributed by atoms with van der Waals surface area (Å²) in [5, 5.41) is 2.55. The Labute approximate surface area is 74.3 Å². The first-order valence-corrected chi connectivity index (χ1v) is 4.13. The van der Waals surface area contributed by atoms with Crippen LogP contribution in [-0.2, 0) is 4.79 Å². The Kier molecular flexibility index (Phi) is 3.93. The number of aliphatic imine (C=N–C) groups is 1. The van der Waals surface area contributed by atoms with Crippen LogP contribution in [0, 0.1) is 5.41 Å². The molecule has 0 aromatic carbocycles. The van der Waals surface area contributed by atoms with Gasteiger partial charge in [0.2, 0.25) is 5.91 Å². The van der Waals surface area contributed by atoms with E-state index in [1.54, 1.807) is 14.0 Å². The zero-order valence-corrected chi connectivity index (χ0v) is 8.51. The van der Waals surface area contributed by atoms with Crippen molar-refractivity contribution in [2.45, 2.75) is 33.7 Å². The van der Waals surface area contributed by atoms with Crippen LogP contribution in [0.4, 0.5) is 0 Å². The molecule has 0 aliphatic carbocycles. The Hall–Kier alpha value is -0.860. The topological polar surface area (TPSA) is 41.5 Å². The van der Waals surface area contributed by atoms with Crippen LogP contribution in [0.2, 0.25) is 0 Å². The molecule has 0 saturated carbocycles. The quantitative estimate of drug-likeness (QED) is 0.622. The number of nitrogens with one attached hydrogen (secondary N) is 1. The first kappa shape index (κ1) is 11.1. The lowest BCUT2D eigenvalue weighted by molar-refractivity contribution is -0.121. The Bertz CT molecular complexity index is 179. The second kappa shape index (κ2) is 4.24. The molecule has 70 valence electrons. The predicted molar refractivity (Wildman–Crippen MR) is 51.5 cm³/mol. The van der Waals surface area contributed by atoms with Gasteiger partial charge in [-0.3, -0.25) is 9.79 Å². The molecule has 1 atom stereocenters. The highest BCUT2D eigenvalue weighted by Gasteiger charge is 2.10. The molecule has 12 heavy (non-hydrogen) atoms.